The average Bonchev–Trinajstić information content (AvgIpc) is 2.78. The number of rotatable bonds is 6. The summed E-state index contributed by atoms with van der Waals surface area (Å²) >= 11 is 0. The van der Waals surface area contributed by atoms with Crippen molar-refractivity contribution in [2.24, 2.45) is 0 Å². The summed E-state index contributed by atoms with van der Waals surface area (Å²) in [6, 6.07) is -0.968. The maximum Gasteiger partial charge on any atom is 0.238 e. The number of hydrogen-bond donors (Lipinski definition) is 2. The predicted molar refractivity (Wildman–Crippen MR) is 68.5 cm³/mol. The van der Waals surface area contributed by atoms with E-state index in [9.17, 15) is 13.2 Å². The topological polar surface area (TPSA) is 86.7 Å². The predicted octanol–water partition coefficient (Wildman–Crippen LogP) is -0.312. The zero-order valence-electron chi connectivity index (χ0n) is 10.9. The van der Waals surface area contributed by atoms with Gasteiger partial charge in [0, 0.05) is 12.6 Å². The molecule has 1 aliphatic heterocycles. The third kappa shape index (κ3) is 3.66. The first-order valence-corrected chi connectivity index (χ1v) is 7.94. The number of carbonyl (C=O) groups excluding carboxylic acids is 1. The fraction of sp³-hybridized carbons (Fsp3) is 0.909. The Morgan fingerprint density at radius 2 is 2.22 bits per heavy atom. The Balaban J connectivity index is 2.73. The van der Waals surface area contributed by atoms with Crippen LogP contribution in [-0.2, 0) is 14.8 Å². The Morgan fingerprint density at radius 3 is 2.78 bits per heavy atom. The van der Waals surface area contributed by atoms with Crippen molar-refractivity contribution in [2.45, 2.75) is 45.2 Å². The van der Waals surface area contributed by atoms with Crippen LogP contribution >= 0.6 is 0 Å². The molecule has 1 fully saturated rings. The standard InChI is InChI=1S/C11H22N2O4S/c1-3-7-18(16,17)13-6-4-5-10(13)11(15)12-9(2)8-14/h9-10,14H,3-8H2,1-2H3,(H,12,15)/t9-,10?/m0/s1. The van der Waals surface area contributed by atoms with Crippen LogP contribution < -0.4 is 5.32 Å². The number of sulfonamides is 1. The van der Waals surface area contributed by atoms with E-state index in [2.05, 4.69) is 5.32 Å². The van der Waals surface area contributed by atoms with E-state index < -0.39 is 16.1 Å². The minimum absolute atomic E-state index is 0.0757. The van der Waals surface area contributed by atoms with Crippen molar-refractivity contribution in [2.75, 3.05) is 18.9 Å². The van der Waals surface area contributed by atoms with Gasteiger partial charge >= 0.3 is 0 Å². The monoisotopic (exact) mass is 278 g/mol. The van der Waals surface area contributed by atoms with Crippen LogP contribution in [0.5, 0.6) is 0 Å². The van der Waals surface area contributed by atoms with Gasteiger partial charge in [-0.3, -0.25) is 4.79 Å². The zero-order chi connectivity index (χ0) is 13.8. The summed E-state index contributed by atoms with van der Waals surface area (Å²) in [5, 5.41) is 11.5. The van der Waals surface area contributed by atoms with E-state index in [1.165, 1.54) is 4.31 Å². The van der Waals surface area contributed by atoms with Crippen molar-refractivity contribution in [1.82, 2.24) is 9.62 Å². The largest absolute Gasteiger partial charge is 0.394 e. The van der Waals surface area contributed by atoms with Gasteiger partial charge in [0.1, 0.15) is 6.04 Å². The van der Waals surface area contributed by atoms with Crippen LogP contribution in [0.15, 0.2) is 0 Å². The number of nitrogens with zero attached hydrogens (tertiary/aromatic N) is 1. The molecule has 0 aromatic carbocycles. The lowest BCUT2D eigenvalue weighted by atomic mass is 10.2. The van der Waals surface area contributed by atoms with Gasteiger partial charge in [-0.05, 0) is 26.2 Å². The molecule has 1 heterocycles. The van der Waals surface area contributed by atoms with Gasteiger partial charge in [0.05, 0.1) is 12.4 Å². The van der Waals surface area contributed by atoms with Crippen molar-refractivity contribution >= 4 is 15.9 Å². The first-order valence-electron chi connectivity index (χ1n) is 6.33. The van der Waals surface area contributed by atoms with E-state index in [0.717, 1.165) is 0 Å². The minimum atomic E-state index is -3.34. The first kappa shape index (κ1) is 15.4. The van der Waals surface area contributed by atoms with Gasteiger partial charge < -0.3 is 10.4 Å². The molecule has 106 valence electrons. The molecule has 0 radical (unpaired) electrons. The van der Waals surface area contributed by atoms with E-state index in [-0.39, 0.29) is 24.3 Å². The van der Waals surface area contributed by atoms with Crippen LogP contribution in [0.2, 0.25) is 0 Å². The molecule has 2 atom stereocenters. The maximum atomic E-state index is 12.0. The number of amides is 1. The van der Waals surface area contributed by atoms with Gasteiger partial charge in [0.15, 0.2) is 0 Å². The molecule has 0 bridgehead atoms. The van der Waals surface area contributed by atoms with Gasteiger partial charge in [-0.25, -0.2) is 8.42 Å². The summed E-state index contributed by atoms with van der Waals surface area (Å²) in [7, 11) is -3.34. The molecule has 0 spiro atoms. The number of nitrogens with one attached hydrogen (secondary N) is 1. The highest BCUT2D eigenvalue weighted by Gasteiger charge is 2.38. The number of aliphatic hydroxyl groups is 1. The average molecular weight is 278 g/mol. The highest BCUT2D eigenvalue weighted by Crippen LogP contribution is 2.22. The smallest absolute Gasteiger partial charge is 0.238 e. The van der Waals surface area contributed by atoms with Gasteiger partial charge in [0.25, 0.3) is 0 Å². The van der Waals surface area contributed by atoms with E-state index in [4.69, 9.17) is 5.11 Å². The zero-order valence-corrected chi connectivity index (χ0v) is 11.7. The molecule has 1 aliphatic rings. The van der Waals surface area contributed by atoms with Gasteiger partial charge in [-0.15, -0.1) is 0 Å². The van der Waals surface area contributed by atoms with E-state index >= 15 is 0 Å². The minimum Gasteiger partial charge on any atom is -0.394 e. The maximum absolute atomic E-state index is 12.0. The third-order valence-electron chi connectivity index (χ3n) is 2.99. The number of carbonyl (C=O) groups is 1. The van der Waals surface area contributed by atoms with Crippen LogP contribution in [0.4, 0.5) is 0 Å². The Kier molecular flexibility index (Phi) is 5.55. The summed E-state index contributed by atoms with van der Waals surface area (Å²) in [6.07, 6.45) is 1.79. The molecule has 7 heteroatoms. The quantitative estimate of drug-likeness (QED) is 0.697. The summed E-state index contributed by atoms with van der Waals surface area (Å²) < 4.78 is 25.3. The van der Waals surface area contributed by atoms with E-state index in [1.807, 2.05) is 0 Å². The molecular weight excluding hydrogens is 256 g/mol. The lowest BCUT2D eigenvalue weighted by Gasteiger charge is -2.24. The Hall–Kier alpha value is -0.660. The highest BCUT2D eigenvalue weighted by molar-refractivity contribution is 7.89. The lowest BCUT2D eigenvalue weighted by Crippen LogP contribution is -2.49. The highest BCUT2D eigenvalue weighted by atomic mass is 32.2. The second-order valence-corrected chi connectivity index (χ2v) is 6.72. The summed E-state index contributed by atoms with van der Waals surface area (Å²) in [4.78, 5) is 11.9. The molecule has 2 N–H and O–H groups in total. The van der Waals surface area contributed by atoms with Crippen LogP contribution in [0.3, 0.4) is 0 Å². The van der Waals surface area contributed by atoms with Crippen LogP contribution in [0, 0.1) is 0 Å². The number of hydrogen-bond acceptors (Lipinski definition) is 4. The number of aliphatic hydroxyl groups excluding tert-OH is 1. The SMILES string of the molecule is CCCS(=O)(=O)N1CCCC1C(=O)N[C@@H](C)CO. The second-order valence-electron chi connectivity index (χ2n) is 4.68. The van der Waals surface area contributed by atoms with Crippen molar-refractivity contribution in [3.05, 3.63) is 0 Å². The Bertz CT molecular complexity index is 383. The van der Waals surface area contributed by atoms with Crippen molar-refractivity contribution in [3.63, 3.8) is 0 Å². The fourth-order valence-electron chi connectivity index (χ4n) is 2.10. The molecule has 6 nitrogen and oxygen atoms in total. The van der Waals surface area contributed by atoms with Gasteiger partial charge in [-0.2, -0.15) is 4.31 Å². The molecule has 1 rings (SSSR count). The fourth-order valence-corrected chi connectivity index (χ4v) is 3.84. The first-order chi connectivity index (χ1) is 8.42. The Labute approximate surface area is 108 Å². The summed E-state index contributed by atoms with van der Waals surface area (Å²) in [5.74, 6) is -0.236. The van der Waals surface area contributed by atoms with Crippen LogP contribution in [0.25, 0.3) is 0 Å². The second kappa shape index (κ2) is 6.49. The van der Waals surface area contributed by atoms with Crippen molar-refractivity contribution in [3.8, 4) is 0 Å². The van der Waals surface area contributed by atoms with Gasteiger partial charge in [-0.1, -0.05) is 6.92 Å². The van der Waals surface area contributed by atoms with Crippen LogP contribution in [-0.4, -0.2) is 54.7 Å². The van der Waals surface area contributed by atoms with E-state index in [1.54, 1.807) is 13.8 Å². The molecule has 0 aromatic heterocycles. The normalized spacial score (nSPS) is 22.9. The molecule has 1 unspecified atom stereocenters. The van der Waals surface area contributed by atoms with Crippen LogP contribution in [0.1, 0.15) is 33.1 Å². The van der Waals surface area contributed by atoms with Crippen molar-refractivity contribution in [1.29, 1.82) is 0 Å². The molecule has 0 saturated carbocycles. The third-order valence-corrected chi connectivity index (χ3v) is 5.06. The molecule has 0 aromatic rings. The molecule has 0 aliphatic carbocycles. The molecule has 1 amide bonds. The van der Waals surface area contributed by atoms with Gasteiger partial charge in [0.2, 0.25) is 15.9 Å². The Morgan fingerprint density at radius 1 is 1.56 bits per heavy atom. The molecule has 1 saturated heterocycles. The molecule has 18 heavy (non-hydrogen) atoms. The summed E-state index contributed by atoms with van der Waals surface area (Å²) in [5.41, 5.74) is 0. The summed E-state index contributed by atoms with van der Waals surface area (Å²) in [6.45, 7) is 3.74. The molecular formula is C11H22N2O4S. The van der Waals surface area contributed by atoms with E-state index in [0.29, 0.717) is 25.8 Å². The lowest BCUT2D eigenvalue weighted by molar-refractivity contribution is -0.125. The van der Waals surface area contributed by atoms with Crippen molar-refractivity contribution < 1.29 is 18.3 Å².